The summed E-state index contributed by atoms with van der Waals surface area (Å²) in [5, 5.41) is 3.24. The van der Waals surface area contributed by atoms with Crippen LogP contribution in [0.15, 0.2) is 21.4 Å². The summed E-state index contributed by atoms with van der Waals surface area (Å²) in [6.07, 6.45) is 8.08. The first-order valence-corrected chi connectivity index (χ1v) is 5.01. The molecular weight excluding hydrogens is 230 g/mol. The van der Waals surface area contributed by atoms with Gasteiger partial charge in [-0.3, -0.25) is 5.32 Å². The van der Waals surface area contributed by atoms with Gasteiger partial charge >= 0.3 is 0 Å². The van der Waals surface area contributed by atoms with E-state index in [9.17, 15) is 0 Å². The fourth-order valence-corrected chi connectivity index (χ4v) is 1.53. The Bertz CT molecular complexity index is 300. The Morgan fingerprint density at radius 2 is 2.54 bits per heavy atom. The monoisotopic (exact) mass is 241 g/mol. The van der Waals surface area contributed by atoms with E-state index in [1.54, 1.807) is 6.26 Å². The third kappa shape index (κ3) is 2.61. The Morgan fingerprint density at radius 1 is 1.77 bits per heavy atom. The number of furan rings is 1. The summed E-state index contributed by atoms with van der Waals surface area (Å²) in [7, 11) is 0. The van der Waals surface area contributed by atoms with Crippen molar-refractivity contribution < 1.29 is 4.42 Å². The quantitative estimate of drug-likeness (QED) is 0.821. The summed E-state index contributed by atoms with van der Waals surface area (Å²) in [4.78, 5) is 0. The van der Waals surface area contributed by atoms with Crippen molar-refractivity contribution in [2.75, 3.05) is 6.54 Å². The van der Waals surface area contributed by atoms with Crippen LogP contribution in [-0.2, 0) is 0 Å². The maximum Gasteiger partial charge on any atom is 0.174 e. The van der Waals surface area contributed by atoms with E-state index in [4.69, 9.17) is 10.8 Å². The van der Waals surface area contributed by atoms with Gasteiger partial charge in [-0.25, -0.2) is 0 Å². The first-order valence-electron chi connectivity index (χ1n) is 4.22. The lowest BCUT2D eigenvalue weighted by Crippen LogP contribution is -2.20. The van der Waals surface area contributed by atoms with Gasteiger partial charge in [0.2, 0.25) is 0 Å². The van der Waals surface area contributed by atoms with Crippen molar-refractivity contribution in [3.05, 3.63) is 22.6 Å². The average molecular weight is 242 g/mol. The van der Waals surface area contributed by atoms with Crippen molar-refractivity contribution in [2.45, 2.75) is 19.4 Å². The number of hydrogen-bond acceptors (Lipinski definition) is 2. The minimum atomic E-state index is -0.0620. The van der Waals surface area contributed by atoms with Crippen molar-refractivity contribution in [1.29, 1.82) is 0 Å². The normalized spacial score (nSPS) is 12.4. The van der Waals surface area contributed by atoms with E-state index < -0.39 is 0 Å². The number of nitrogens with one attached hydrogen (secondary N) is 1. The Labute approximate surface area is 86.8 Å². The van der Waals surface area contributed by atoms with Crippen LogP contribution in [0.5, 0.6) is 0 Å². The second-order valence-electron chi connectivity index (χ2n) is 2.70. The Hall–Kier alpha value is -0.720. The highest BCUT2D eigenvalue weighted by Gasteiger charge is 2.12. The largest absolute Gasteiger partial charge is 0.457 e. The maximum atomic E-state index is 5.40. The molecule has 0 amide bonds. The standard InChI is InChI=1S/C10H12BrNO/c1-3-6-12-9(4-2)8-5-7-13-10(8)11/h2,5,7,9,12H,3,6H2,1H3. The fourth-order valence-electron chi connectivity index (χ4n) is 1.06. The molecule has 1 heterocycles. The van der Waals surface area contributed by atoms with Gasteiger partial charge in [-0.15, -0.1) is 6.42 Å². The minimum absolute atomic E-state index is 0.0620. The van der Waals surface area contributed by atoms with Crippen LogP contribution < -0.4 is 5.32 Å². The van der Waals surface area contributed by atoms with E-state index >= 15 is 0 Å². The number of rotatable bonds is 4. The van der Waals surface area contributed by atoms with Crippen LogP contribution >= 0.6 is 15.9 Å². The van der Waals surface area contributed by atoms with Crippen molar-refractivity contribution in [3.8, 4) is 12.3 Å². The lowest BCUT2D eigenvalue weighted by Gasteiger charge is -2.10. The van der Waals surface area contributed by atoms with Crippen molar-refractivity contribution in [1.82, 2.24) is 5.32 Å². The van der Waals surface area contributed by atoms with Crippen LogP contribution in [0.1, 0.15) is 24.9 Å². The summed E-state index contributed by atoms with van der Waals surface area (Å²) in [5.74, 6) is 2.68. The van der Waals surface area contributed by atoms with Crippen molar-refractivity contribution in [3.63, 3.8) is 0 Å². The molecular formula is C10H12BrNO. The molecule has 0 aliphatic carbocycles. The molecule has 0 saturated carbocycles. The zero-order valence-corrected chi connectivity index (χ0v) is 9.10. The predicted octanol–water partition coefficient (Wildman–Crippen LogP) is 2.72. The molecule has 1 rings (SSSR count). The van der Waals surface area contributed by atoms with Gasteiger partial charge in [0.05, 0.1) is 12.3 Å². The molecule has 0 aliphatic rings. The van der Waals surface area contributed by atoms with Crippen molar-refractivity contribution >= 4 is 15.9 Å². The molecule has 0 bridgehead atoms. The summed E-state index contributed by atoms with van der Waals surface area (Å²) in [5.41, 5.74) is 0.982. The van der Waals surface area contributed by atoms with Crippen LogP contribution in [0, 0.1) is 12.3 Å². The fraction of sp³-hybridized carbons (Fsp3) is 0.400. The van der Waals surface area contributed by atoms with Gasteiger partial charge in [-0.1, -0.05) is 12.8 Å². The SMILES string of the molecule is C#CC(NCCC)c1ccoc1Br. The highest BCUT2D eigenvalue weighted by Crippen LogP contribution is 2.23. The van der Waals surface area contributed by atoms with E-state index in [1.165, 1.54) is 0 Å². The molecule has 70 valence electrons. The van der Waals surface area contributed by atoms with Gasteiger partial charge < -0.3 is 4.42 Å². The van der Waals surface area contributed by atoms with E-state index in [1.807, 2.05) is 6.07 Å². The average Bonchev–Trinajstić information content (AvgIpc) is 2.54. The topological polar surface area (TPSA) is 25.2 Å². The predicted molar refractivity (Wildman–Crippen MR) is 56.3 cm³/mol. The first-order chi connectivity index (χ1) is 6.29. The van der Waals surface area contributed by atoms with Gasteiger partial charge in [-0.2, -0.15) is 0 Å². The van der Waals surface area contributed by atoms with E-state index in [2.05, 4.69) is 34.1 Å². The lowest BCUT2D eigenvalue weighted by molar-refractivity contribution is 0.528. The summed E-state index contributed by atoms with van der Waals surface area (Å²) < 4.78 is 5.82. The van der Waals surface area contributed by atoms with Crippen LogP contribution in [0.3, 0.4) is 0 Å². The minimum Gasteiger partial charge on any atom is -0.457 e. The molecule has 0 saturated heterocycles. The summed E-state index contributed by atoms with van der Waals surface area (Å²) in [6, 6.07) is 1.81. The van der Waals surface area contributed by atoms with Crippen LogP contribution in [0.25, 0.3) is 0 Å². The van der Waals surface area contributed by atoms with Gasteiger partial charge in [0, 0.05) is 5.56 Å². The molecule has 0 fully saturated rings. The van der Waals surface area contributed by atoms with Crippen LogP contribution in [-0.4, -0.2) is 6.54 Å². The molecule has 1 atom stereocenters. The van der Waals surface area contributed by atoms with Gasteiger partial charge in [0.1, 0.15) is 0 Å². The van der Waals surface area contributed by atoms with Crippen LogP contribution in [0.2, 0.25) is 0 Å². The maximum absolute atomic E-state index is 5.40. The number of hydrogen-bond donors (Lipinski definition) is 1. The molecule has 1 aromatic rings. The molecule has 1 unspecified atom stereocenters. The summed E-state index contributed by atoms with van der Waals surface area (Å²) >= 11 is 3.30. The zero-order valence-electron chi connectivity index (χ0n) is 7.51. The van der Waals surface area contributed by atoms with E-state index in [0.29, 0.717) is 4.67 Å². The van der Waals surface area contributed by atoms with Crippen molar-refractivity contribution in [2.24, 2.45) is 0 Å². The molecule has 0 radical (unpaired) electrons. The Kier molecular flexibility index (Phi) is 4.07. The number of halogens is 1. The third-order valence-electron chi connectivity index (χ3n) is 1.72. The van der Waals surface area contributed by atoms with Gasteiger partial charge in [-0.05, 0) is 35.0 Å². The zero-order chi connectivity index (χ0) is 9.68. The second-order valence-corrected chi connectivity index (χ2v) is 3.42. The lowest BCUT2D eigenvalue weighted by atomic mass is 10.1. The van der Waals surface area contributed by atoms with Gasteiger partial charge in [0.15, 0.2) is 4.67 Å². The highest BCUT2D eigenvalue weighted by atomic mass is 79.9. The third-order valence-corrected chi connectivity index (χ3v) is 2.37. The molecule has 1 aromatic heterocycles. The Balaban J connectivity index is 2.68. The highest BCUT2D eigenvalue weighted by molar-refractivity contribution is 9.10. The molecule has 0 aliphatic heterocycles. The number of terminal acetylenes is 1. The van der Waals surface area contributed by atoms with Gasteiger partial charge in [0.25, 0.3) is 0 Å². The smallest absolute Gasteiger partial charge is 0.174 e. The molecule has 2 nitrogen and oxygen atoms in total. The second kappa shape index (κ2) is 5.11. The first kappa shape index (κ1) is 10.4. The molecule has 0 spiro atoms. The molecule has 13 heavy (non-hydrogen) atoms. The molecule has 0 aromatic carbocycles. The van der Waals surface area contributed by atoms with E-state index in [0.717, 1.165) is 18.5 Å². The molecule has 1 N–H and O–H groups in total. The van der Waals surface area contributed by atoms with E-state index in [-0.39, 0.29) is 6.04 Å². The van der Waals surface area contributed by atoms with Crippen LogP contribution in [0.4, 0.5) is 0 Å². The molecule has 3 heteroatoms. The Morgan fingerprint density at radius 3 is 3.00 bits per heavy atom. The summed E-state index contributed by atoms with van der Waals surface area (Å²) in [6.45, 7) is 3.01.